The highest BCUT2D eigenvalue weighted by molar-refractivity contribution is 5.96. The lowest BCUT2D eigenvalue weighted by molar-refractivity contribution is -0.128. The van der Waals surface area contributed by atoms with E-state index in [0.717, 1.165) is 0 Å². The van der Waals surface area contributed by atoms with Gasteiger partial charge in [0.25, 0.3) is 5.91 Å². The Hall–Kier alpha value is -5.80. The van der Waals surface area contributed by atoms with Gasteiger partial charge in [0.15, 0.2) is 11.5 Å². The van der Waals surface area contributed by atoms with Crippen LogP contribution in [0.4, 0.5) is 44.7 Å². The molecule has 2 aromatic carbocycles. The first-order valence-electron chi connectivity index (χ1n) is 21.1. The van der Waals surface area contributed by atoms with E-state index in [-0.39, 0.29) is 66.9 Å². The number of pyridine rings is 1. The number of aliphatic hydroxyl groups is 1. The van der Waals surface area contributed by atoms with Gasteiger partial charge in [-0.05, 0) is 80.1 Å². The van der Waals surface area contributed by atoms with Crippen LogP contribution in [0.15, 0.2) is 48.7 Å². The van der Waals surface area contributed by atoms with E-state index >= 15 is 4.39 Å². The molecule has 4 aromatic rings. The summed E-state index contributed by atoms with van der Waals surface area (Å²) >= 11 is 0. The fourth-order valence-electron chi connectivity index (χ4n) is 8.89. The number of likely N-dealkylation sites (N-methyl/N-ethyl adjacent to an activating group) is 1. The van der Waals surface area contributed by atoms with E-state index in [9.17, 15) is 32.3 Å². The Kier molecular flexibility index (Phi) is 13.6. The van der Waals surface area contributed by atoms with Gasteiger partial charge in [-0.15, -0.1) is 0 Å². The number of ether oxygens (including phenoxy) is 1. The average Bonchev–Trinajstić information content (AvgIpc) is 3.83. The third-order valence-corrected chi connectivity index (χ3v) is 12.0. The molecule has 0 spiro atoms. The van der Waals surface area contributed by atoms with E-state index in [1.165, 1.54) is 17.7 Å². The molecule has 0 radical (unpaired) electrons. The van der Waals surface area contributed by atoms with Gasteiger partial charge in [-0.3, -0.25) is 9.59 Å². The number of alkyl halides is 4. The average molecular weight is 880 g/mol. The van der Waals surface area contributed by atoms with Crippen molar-refractivity contribution < 1.29 is 41.4 Å². The quantitative estimate of drug-likeness (QED) is 0.103. The number of aromatic nitrogens is 2. The van der Waals surface area contributed by atoms with Crippen LogP contribution in [0.25, 0.3) is 5.65 Å². The highest BCUT2D eigenvalue weighted by Gasteiger charge is 2.37. The molecule has 0 aliphatic carbocycles. The second-order valence-corrected chi connectivity index (χ2v) is 16.9. The Bertz CT molecular complexity index is 2380. The molecule has 5 atom stereocenters. The first kappa shape index (κ1) is 45.2. The van der Waals surface area contributed by atoms with E-state index in [4.69, 9.17) is 4.74 Å². The molecule has 2 fully saturated rings. The van der Waals surface area contributed by atoms with Gasteiger partial charge in [0.2, 0.25) is 5.91 Å². The lowest BCUT2D eigenvalue weighted by Crippen LogP contribution is -2.54. The third kappa shape index (κ3) is 10.0. The molecule has 5 N–H and O–H groups in total. The Morgan fingerprint density at radius 1 is 1.10 bits per heavy atom. The summed E-state index contributed by atoms with van der Waals surface area (Å²) in [5.74, 6) is 4.80. The number of nitrogens with one attached hydrogen (secondary N) is 4. The highest BCUT2D eigenvalue weighted by Crippen LogP contribution is 2.37. The SMILES string of the molecule is COc1ccc(C(=O)N[C@@H]2CCN(c3ccc4c(c3F)N(C)[C@@H](C(C)C)C(=O)N[C@H](CO)C4)C2)cc1NCC#Cc1nc2c(N[C@@H]3CCN(C)CC3F)cccn2c1CC(F)(F)F. The minimum Gasteiger partial charge on any atom is -0.495 e. The van der Waals surface area contributed by atoms with Gasteiger partial charge in [0.05, 0.1) is 67.2 Å². The summed E-state index contributed by atoms with van der Waals surface area (Å²) in [6, 6.07) is 9.55. The van der Waals surface area contributed by atoms with Crippen molar-refractivity contribution in [3.8, 4) is 17.6 Å². The molecule has 18 heteroatoms. The molecule has 2 saturated heterocycles. The number of amides is 2. The van der Waals surface area contributed by atoms with Crippen LogP contribution >= 0.6 is 0 Å². The zero-order valence-electron chi connectivity index (χ0n) is 36.0. The number of carbonyl (C=O) groups excluding carboxylic acids is 2. The number of nitrogens with zero attached hydrogens (tertiary/aromatic N) is 5. The predicted octanol–water partition coefficient (Wildman–Crippen LogP) is 5.01. The molecule has 7 rings (SSSR count). The molecule has 3 aliphatic heterocycles. The summed E-state index contributed by atoms with van der Waals surface area (Å²) in [7, 11) is 5.00. The molecule has 2 aromatic heterocycles. The molecule has 338 valence electrons. The van der Waals surface area contributed by atoms with Crippen molar-refractivity contribution in [2.75, 3.05) is 81.0 Å². The Balaban J connectivity index is 1.04. The first-order valence-corrected chi connectivity index (χ1v) is 21.1. The van der Waals surface area contributed by atoms with Crippen LogP contribution in [0.1, 0.15) is 54.0 Å². The van der Waals surface area contributed by atoms with Gasteiger partial charge in [0, 0.05) is 51.0 Å². The molecule has 3 aliphatic rings. The van der Waals surface area contributed by atoms with Crippen molar-refractivity contribution >= 4 is 40.2 Å². The molecule has 63 heavy (non-hydrogen) atoms. The topological polar surface area (TPSA) is 139 Å². The summed E-state index contributed by atoms with van der Waals surface area (Å²) in [5.41, 5.74) is 2.49. The first-order chi connectivity index (χ1) is 30.0. The number of aliphatic hydroxyl groups excluding tert-OH is 1. The van der Waals surface area contributed by atoms with E-state index in [0.29, 0.717) is 72.1 Å². The molecule has 13 nitrogen and oxygen atoms in total. The molecule has 0 saturated carbocycles. The minimum atomic E-state index is -4.55. The van der Waals surface area contributed by atoms with E-state index in [1.807, 2.05) is 36.8 Å². The van der Waals surface area contributed by atoms with Crippen molar-refractivity contribution in [2.24, 2.45) is 5.92 Å². The van der Waals surface area contributed by atoms with E-state index in [2.05, 4.69) is 38.1 Å². The third-order valence-electron chi connectivity index (χ3n) is 12.0. The molecule has 5 heterocycles. The van der Waals surface area contributed by atoms with Crippen LogP contribution in [0.5, 0.6) is 5.75 Å². The monoisotopic (exact) mass is 879 g/mol. The lowest BCUT2D eigenvalue weighted by Gasteiger charge is -2.38. The standard InChI is InChI=1S/C45H54F5N9O4/c1-26(2)40-44(62)53-30(25-60)20-27-10-12-36(39(47)41(27)57(40)4)58-19-14-29(23-58)52-43(61)28-11-13-38(63-5)35(21-28)51-16-6-8-33-37(22-45(48,49)50)59-17-7-9-34(42(59)55-33)54-32-15-18-56(3)24-31(32)46/h7,9-13,17,21,26,29-32,40,51,54,60H,14-16,18-20,22-25H2,1-5H3,(H,52,61)(H,53,62)/t29-,30+,31?,32-,40+/m1/s1. The van der Waals surface area contributed by atoms with Crippen LogP contribution < -0.4 is 35.8 Å². The fraction of sp³-hybridized carbons (Fsp3) is 0.489. The van der Waals surface area contributed by atoms with Crippen molar-refractivity contribution in [1.29, 1.82) is 0 Å². The molecular weight excluding hydrogens is 826 g/mol. The van der Waals surface area contributed by atoms with Crippen molar-refractivity contribution in [1.82, 2.24) is 24.9 Å². The van der Waals surface area contributed by atoms with Crippen LogP contribution in [-0.2, 0) is 17.6 Å². The number of rotatable bonds is 11. The van der Waals surface area contributed by atoms with Gasteiger partial charge >= 0.3 is 6.18 Å². The summed E-state index contributed by atoms with van der Waals surface area (Å²) < 4.78 is 79.8. The zero-order valence-corrected chi connectivity index (χ0v) is 36.0. The summed E-state index contributed by atoms with van der Waals surface area (Å²) in [4.78, 5) is 36.7. The summed E-state index contributed by atoms with van der Waals surface area (Å²) in [6.07, 6.45) is -4.18. The number of imidazole rings is 1. The van der Waals surface area contributed by atoms with Crippen LogP contribution in [0.2, 0.25) is 0 Å². The van der Waals surface area contributed by atoms with Gasteiger partial charge < -0.3 is 50.2 Å². The zero-order chi connectivity index (χ0) is 45.2. The van der Waals surface area contributed by atoms with Crippen LogP contribution in [0.3, 0.4) is 0 Å². The maximum atomic E-state index is 16.6. The number of fused-ring (bicyclic) bond motifs is 2. The number of anilines is 4. The number of likely N-dealkylation sites (tertiary alicyclic amines) is 1. The van der Waals surface area contributed by atoms with Gasteiger partial charge in [0.1, 0.15) is 23.7 Å². The highest BCUT2D eigenvalue weighted by atomic mass is 19.4. The van der Waals surface area contributed by atoms with Gasteiger partial charge in [-0.1, -0.05) is 25.8 Å². The normalized spacial score (nSPS) is 21.9. The Morgan fingerprint density at radius 2 is 1.89 bits per heavy atom. The number of piperidine rings is 1. The Labute approximate surface area is 363 Å². The van der Waals surface area contributed by atoms with E-state index < -0.39 is 42.7 Å². The smallest absolute Gasteiger partial charge is 0.394 e. The summed E-state index contributed by atoms with van der Waals surface area (Å²) in [6.45, 7) is 5.18. The number of hydrogen-bond donors (Lipinski definition) is 5. The van der Waals surface area contributed by atoms with Crippen molar-refractivity contribution in [3.63, 3.8) is 0 Å². The minimum absolute atomic E-state index is 0.0344. The maximum Gasteiger partial charge on any atom is 0.394 e. The van der Waals surface area contributed by atoms with E-state index in [1.54, 1.807) is 48.3 Å². The molecule has 0 bridgehead atoms. The van der Waals surface area contributed by atoms with Crippen LogP contribution in [-0.4, -0.2) is 128 Å². The molecule has 1 unspecified atom stereocenters. The number of hydrogen-bond acceptors (Lipinski definition) is 10. The number of methoxy groups -OCH3 is 1. The van der Waals surface area contributed by atoms with Crippen molar-refractivity contribution in [2.45, 2.75) is 76.0 Å². The lowest BCUT2D eigenvalue weighted by atomic mass is 9.94. The Morgan fingerprint density at radius 3 is 2.60 bits per heavy atom. The maximum absolute atomic E-state index is 16.6. The number of benzene rings is 2. The molecular formula is C45H54F5N9O4. The van der Waals surface area contributed by atoms with Gasteiger partial charge in [-0.2, -0.15) is 13.2 Å². The van der Waals surface area contributed by atoms with Gasteiger partial charge in [-0.25, -0.2) is 13.8 Å². The molecule has 2 amide bonds. The second-order valence-electron chi connectivity index (χ2n) is 16.9. The van der Waals surface area contributed by atoms with Crippen molar-refractivity contribution in [3.05, 3.63) is 77.0 Å². The number of carbonyl (C=O) groups is 2. The predicted molar refractivity (Wildman–Crippen MR) is 232 cm³/mol. The largest absolute Gasteiger partial charge is 0.495 e. The van der Waals surface area contributed by atoms with Crippen LogP contribution in [0, 0.1) is 23.6 Å². The fourth-order valence-corrected chi connectivity index (χ4v) is 8.89. The summed E-state index contributed by atoms with van der Waals surface area (Å²) in [5, 5.41) is 22.1. The second kappa shape index (κ2) is 18.9. The number of halogens is 5.